The Morgan fingerprint density at radius 1 is 0.966 bits per heavy atom. The summed E-state index contributed by atoms with van der Waals surface area (Å²) < 4.78 is 5.16. The van der Waals surface area contributed by atoms with Crippen LogP contribution >= 0.6 is 0 Å². The second-order valence-corrected chi connectivity index (χ2v) is 6.70. The van der Waals surface area contributed by atoms with Gasteiger partial charge in [-0.25, -0.2) is 4.98 Å². The molecule has 0 radical (unpaired) electrons. The molecule has 4 rings (SSSR count). The zero-order valence-corrected chi connectivity index (χ0v) is 15.8. The fraction of sp³-hybridized carbons (Fsp3) is 0.238. The summed E-state index contributed by atoms with van der Waals surface area (Å²) in [6.45, 7) is 2.55. The van der Waals surface area contributed by atoms with Gasteiger partial charge in [0.2, 0.25) is 0 Å². The Morgan fingerprint density at radius 2 is 1.69 bits per heavy atom. The Labute approximate surface area is 168 Å². The van der Waals surface area contributed by atoms with E-state index in [1.807, 2.05) is 12.1 Å². The first-order chi connectivity index (χ1) is 14.2. The summed E-state index contributed by atoms with van der Waals surface area (Å²) in [6.07, 6.45) is 6.55. The summed E-state index contributed by atoms with van der Waals surface area (Å²) in [5.41, 5.74) is 1.63. The monoisotopic (exact) mass is 391 g/mol. The molecule has 1 aliphatic heterocycles. The minimum absolute atomic E-state index is 0.0803. The van der Waals surface area contributed by atoms with Crippen molar-refractivity contribution in [3.8, 4) is 0 Å². The maximum atomic E-state index is 12.7. The lowest BCUT2D eigenvalue weighted by molar-refractivity contribution is 0.0518. The first kappa shape index (κ1) is 18.7. The van der Waals surface area contributed by atoms with Crippen LogP contribution < -0.4 is 5.32 Å². The Balaban J connectivity index is 1.30. The maximum absolute atomic E-state index is 12.7. The molecule has 29 heavy (non-hydrogen) atoms. The number of pyridine rings is 2. The van der Waals surface area contributed by atoms with Crippen molar-refractivity contribution in [1.29, 1.82) is 0 Å². The fourth-order valence-corrected chi connectivity index (χ4v) is 3.17. The molecule has 0 spiro atoms. The number of aromatic nitrogens is 2. The molecule has 0 aromatic carbocycles. The van der Waals surface area contributed by atoms with Gasteiger partial charge in [-0.15, -0.1) is 0 Å². The third-order valence-electron chi connectivity index (χ3n) is 4.82. The average Bonchev–Trinajstić information content (AvgIpc) is 3.33. The highest BCUT2D eigenvalue weighted by atomic mass is 16.3. The topological polar surface area (TPSA) is 91.6 Å². The van der Waals surface area contributed by atoms with Gasteiger partial charge in [0.15, 0.2) is 5.76 Å². The van der Waals surface area contributed by atoms with Crippen LogP contribution in [-0.2, 0) is 6.54 Å². The van der Waals surface area contributed by atoms with Crippen molar-refractivity contribution in [2.45, 2.75) is 6.54 Å². The van der Waals surface area contributed by atoms with Crippen molar-refractivity contribution in [1.82, 2.24) is 19.8 Å². The maximum Gasteiger partial charge on any atom is 0.289 e. The van der Waals surface area contributed by atoms with Gasteiger partial charge in [0.1, 0.15) is 5.82 Å². The summed E-state index contributed by atoms with van der Waals surface area (Å²) in [6, 6.07) is 10.8. The smallest absolute Gasteiger partial charge is 0.289 e. The largest absolute Gasteiger partial charge is 0.459 e. The van der Waals surface area contributed by atoms with Crippen LogP contribution in [-0.4, -0.2) is 57.8 Å². The number of furan rings is 1. The van der Waals surface area contributed by atoms with E-state index < -0.39 is 0 Å². The predicted octanol–water partition coefficient (Wildman–Crippen LogP) is 2.28. The van der Waals surface area contributed by atoms with Crippen LogP contribution in [0.25, 0.3) is 0 Å². The molecule has 0 aliphatic carbocycles. The van der Waals surface area contributed by atoms with Gasteiger partial charge in [-0.3, -0.25) is 14.6 Å². The standard InChI is InChI=1S/C21H21N5O3/c27-20(25-9-11-26(12-10-25)21(28)18-2-1-13-29-18)17-3-4-19(24-15-17)23-14-16-5-7-22-8-6-16/h1-8,13,15H,9-12,14H2,(H,23,24). The van der Waals surface area contributed by atoms with Crippen molar-refractivity contribution >= 4 is 17.6 Å². The summed E-state index contributed by atoms with van der Waals surface area (Å²) in [4.78, 5) is 36.8. The molecule has 3 aromatic heterocycles. The molecule has 0 unspecified atom stereocenters. The number of nitrogens with one attached hydrogen (secondary N) is 1. The van der Waals surface area contributed by atoms with E-state index in [1.165, 1.54) is 6.26 Å². The third-order valence-corrected chi connectivity index (χ3v) is 4.82. The van der Waals surface area contributed by atoms with Crippen LogP contribution in [0.4, 0.5) is 5.82 Å². The van der Waals surface area contributed by atoms with Crippen molar-refractivity contribution in [3.05, 3.63) is 78.1 Å². The van der Waals surface area contributed by atoms with Gasteiger partial charge in [-0.2, -0.15) is 0 Å². The van der Waals surface area contributed by atoms with E-state index in [1.54, 1.807) is 52.7 Å². The lowest BCUT2D eigenvalue weighted by Crippen LogP contribution is -2.50. The Hall–Kier alpha value is -3.68. The first-order valence-corrected chi connectivity index (χ1v) is 9.41. The van der Waals surface area contributed by atoms with E-state index in [-0.39, 0.29) is 11.8 Å². The number of amides is 2. The van der Waals surface area contributed by atoms with E-state index >= 15 is 0 Å². The molecule has 8 heteroatoms. The zero-order valence-electron chi connectivity index (χ0n) is 15.8. The van der Waals surface area contributed by atoms with Crippen LogP contribution in [0, 0.1) is 0 Å². The molecule has 0 saturated carbocycles. The number of hydrogen-bond acceptors (Lipinski definition) is 6. The van der Waals surface area contributed by atoms with Gasteiger partial charge < -0.3 is 19.5 Å². The SMILES string of the molecule is O=C(c1ccc(NCc2ccncc2)nc1)N1CCN(C(=O)c2ccco2)CC1. The molecule has 2 amide bonds. The molecular weight excluding hydrogens is 370 g/mol. The van der Waals surface area contributed by atoms with E-state index in [0.29, 0.717) is 49.9 Å². The molecule has 0 atom stereocenters. The average molecular weight is 391 g/mol. The lowest BCUT2D eigenvalue weighted by atomic mass is 10.2. The predicted molar refractivity (Wildman–Crippen MR) is 106 cm³/mol. The summed E-state index contributed by atoms with van der Waals surface area (Å²) in [5, 5.41) is 3.22. The third kappa shape index (κ3) is 4.43. The minimum Gasteiger partial charge on any atom is -0.459 e. The number of piperazine rings is 1. The van der Waals surface area contributed by atoms with Gasteiger partial charge in [0, 0.05) is 51.3 Å². The number of carbonyl (C=O) groups excluding carboxylic acids is 2. The molecule has 0 bridgehead atoms. The van der Waals surface area contributed by atoms with E-state index in [0.717, 1.165) is 5.56 Å². The lowest BCUT2D eigenvalue weighted by Gasteiger charge is -2.34. The zero-order chi connectivity index (χ0) is 20.1. The molecular formula is C21H21N5O3. The van der Waals surface area contributed by atoms with Crippen LogP contribution in [0.5, 0.6) is 0 Å². The van der Waals surface area contributed by atoms with E-state index in [4.69, 9.17) is 4.42 Å². The number of rotatable bonds is 5. The number of nitrogens with zero attached hydrogens (tertiary/aromatic N) is 4. The molecule has 8 nitrogen and oxygen atoms in total. The highest BCUT2D eigenvalue weighted by Gasteiger charge is 2.26. The van der Waals surface area contributed by atoms with E-state index in [2.05, 4.69) is 15.3 Å². The van der Waals surface area contributed by atoms with Crippen LogP contribution in [0.3, 0.4) is 0 Å². The van der Waals surface area contributed by atoms with Gasteiger partial charge >= 0.3 is 0 Å². The summed E-state index contributed by atoms with van der Waals surface area (Å²) >= 11 is 0. The van der Waals surface area contributed by atoms with Crippen molar-refractivity contribution in [2.75, 3.05) is 31.5 Å². The fourth-order valence-electron chi connectivity index (χ4n) is 3.17. The minimum atomic E-state index is -0.145. The number of anilines is 1. The molecule has 1 saturated heterocycles. The Bertz CT molecular complexity index is 950. The molecule has 1 N–H and O–H groups in total. The quantitative estimate of drug-likeness (QED) is 0.717. The van der Waals surface area contributed by atoms with Crippen LogP contribution in [0.15, 0.2) is 65.7 Å². The summed E-state index contributed by atoms with van der Waals surface area (Å²) in [7, 11) is 0. The molecule has 148 valence electrons. The van der Waals surface area contributed by atoms with Gasteiger partial charge in [-0.05, 0) is 42.0 Å². The second kappa shape index (κ2) is 8.55. The van der Waals surface area contributed by atoms with Crippen LogP contribution in [0.1, 0.15) is 26.5 Å². The Morgan fingerprint density at radius 3 is 2.31 bits per heavy atom. The first-order valence-electron chi connectivity index (χ1n) is 9.41. The van der Waals surface area contributed by atoms with Gasteiger partial charge in [0.25, 0.3) is 11.8 Å². The van der Waals surface area contributed by atoms with Crippen LogP contribution in [0.2, 0.25) is 0 Å². The number of carbonyl (C=O) groups is 2. The Kier molecular flexibility index (Phi) is 5.51. The van der Waals surface area contributed by atoms with Crippen molar-refractivity contribution in [3.63, 3.8) is 0 Å². The highest BCUT2D eigenvalue weighted by Crippen LogP contribution is 2.13. The van der Waals surface area contributed by atoms with Gasteiger partial charge in [0.05, 0.1) is 11.8 Å². The highest BCUT2D eigenvalue weighted by molar-refractivity contribution is 5.95. The summed E-state index contributed by atoms with van der Waals surface area (Å²) in [5.74, 6) is 0.799. The molecule has 1 fully saturated rings. The molecule has 4 heterocycles. The number of hydrogen-bond donors (Lipinski definition) is 1. The molecule has 3 aromatic rings. The normalized spacial score (nSPS) is 13.9. The van der Waals surface area contributed by atoms with Crippen molar-refractivity contribution < 1.29 is 14.0 Å². The van der Waals surface area contributed by atoms with Crippen molar-refractivity contribution in [2.24, 2.45) is 0 Å². The molecule has 1 aliphatic rings. The second-order valence-electron chi connectivity index (χ2n) is 6.70. The van der Waals surface area contributed by atoms with E-state index in [9.17, 15) is 9.59 Å². The van der Waals surface area contributed by atoms with Gasteiger partial charge in [-0.1, -0.05) is 0 Å².